The fourth-order valence-corrected chi connectivity index (χ4v) is 2.09. The minimum Gasteiger partial charge on any atom is -0.399 e. The first-order valence-corrected chi connectivity index (χ1v) is 6.07. The van der Waals surface area contributed by atoms with Crippen LogP contribution in [-0.4, -0.2) is 5.78 Å². The van der Waals surface area contributed by atoms with Gasteiger partial charge in [0.05, 0.1) is 5.56 Å². The van der Waals surface area contributed by atoms with Crippen LogP contribution in [0.2, 0.25) is 0 Å². The molecule has 19 heavy (non-hydrogen) atoms. The molecule has 0 heterocycles. The highest BCUT2D eigenvalue weighted by Gasteiger charge is 2.18. The molecule has 2 aromatic rings. The van der Waals surface area contributed by atoms with Crippen molar-refractivity contribution in [3.63, 3.8) is 0 Å². The van der Waals surface area contributed by atoms with E-state index in [2.05, 4.69) is 0 Å². The number of anilines is 1. The lowest BCUT2D eigenvalue weighted by molar-refractivity contribution is 0.103. The summed E-state index contributed by atoms with van der Waals surface area (Å²) < 4.78 is 14.1. The van der Waals surface area contributed by atoms with Crippen molar-refractivity contribution in [1.29, 1.82) is 0 Å². The van der Waals surface area contributed by atoms with Crippen LogP contribution in [0.15, 0.2) is 30.3 Å². The number of aryl methyl sites for hydroxylation is 3. The highest BCUT2D eigenvalue weighted by molar-refractivity contribution is 6.10. The second-order valence-electron chi connectivity index (χ2n) is 4.85. The summed E-state index contributed by atoms with van der Waals surface area (Å²) in [6, 6.07) is 8.48. The van der Waals surface area contributed by atoms with Gasteiger partial charge in [-0.15, -0.1) is 0 Å². The van der Waals surface area contributed by atoms with Crippen LogP contribution < -0.4 is 5.73 Å². The number of benzene rings is 2. The molecule has 0 bridgehead atoms. The number of carbonyl (C=O) groups excluding carboxylic acids is 1. The molecule has 2 aromatic carbocycles. The largest absolute Gasteiger partial charge is 0.399 e. The Hall–Kier alpha value is -2.16. The average Bonchev–Trinajstić information content (AvgIpc) is 2.36. The number of hydrogen-bond acceptors (Lipinski definition) is 2. The van der Waals surface area contributed by atoms with Gasteiger partial charge in [0.1, 0.15) is 5.82 Å². The summed E-state index contributed by atoms with van der Waals surface area (Å²) in [4.78, 5) is 12.4. The summed E-state index contributed by atoms with van der Waals surface area (Å²) >= 11 is 0. The summed E-state index contributed by atoms with van der Waals surface area (Å²) in [5.41, 5.74) is 8.82. The third kappa shape index (κ3) is 2.50. The minimum absolute atomic E-state index is 0.0335. The fraction of sp³-hybridized carbons (Fsp3) is 0.188. The Kier molecular flexibility index (Phi) is 3.38. The van der Waals surface area contributed by atoms with Crippen LogP contribution in [-0.2, 0) is 0 Å². The Morgan fingerprint density at radius 1 is 1.00 bits per heavy atom. The first kappa shape index (κ1) is 13.3. The lowest BCUT2D eigenvalue weighted by Gasteiger charge is -2.09. The van der Waals surface area contributed by atoms with Crippen LogP contribution in [0.3, 0.4) is 0 Å². The third-order valence-electron chi connectivity index (χ3n) is 3.16. The fourth-order valence-electron chi connectivity index (χ4n) is 2.09. The van der Waals surface area contributed by atoms with Gasteiger partial charge in [0.15, 0.2) is 5.78 Å². The summed E-state index contributed by atoms with van der Waals surface area (Å²) in [5.74, 6) is -0.825. The zero-order chi connectivity index (χ0) is 14.2. The van der Waals surface area contributed by atoms with Gasteiger partial charge < -0.3 is 5.73 Å². The predicted octanol–water partition coefficient (Wildman–Crippen LogP) is 3.56. The van der Waals surface area contributed by atoms with E-state index in [0.29, 0.717) is 16.8 Å². The monoisotopic (exact) mass is 257 g/mol. The molecular formula is C16H16FNO. The number of rotatable bonds is 2. The van der Waals surface area contributed by atoms with E-state index in [9.17, 15) is 9.18 Å². The smallest absolute Gasteiger partial charge is 0.196 e. The SMILES string of the molecule is Cc1ccc(C)c(C(=O)c2cc(N)cc(C)c2F)c1. The number of nitrogens with two attached hydrogens (primary N) is 1. The maximum atomic E-state index is 14.1. The van der Waals surface area contributed by atoms with Crippen molar-refractivity contribution in [1.82, 2.24) is 0 Å². The molecular weight excluding hydrogens is 241 g/mol. The second-order valence-corrected chi connectivity index (χ2v) is 4.85. The molecule has 2 rings (SSSR count). The number of ketones is 1. The summed E-state index contributed by atoms with van der Waals surface area (Å²) in [5, 5.41) is 0. The van der Waals surface area contributed by atoms with Crippen LogP contribution in [0.1, 0.15) is 32.6 Å². The Bertz CT molecular complexity index is 662. The summed E-state index contributed by atoms with van der Waals surface area (Å²) in [6.07, 6.45) is 0. The van der Waals surface area contributed by atoms with E-state index >= 15 is 0 Å². The zero-order valence-corrected chi connectivity index (χ0v) is 11.3. The molecule has 2 nitrogen and oxygen atoms in total. The zero-order valence-electron chi connectivity index (χ0n) is 11.3. The molecule has 0 aliphatic heterocycles. The van der Waals surface area contributed by atoms with Crippen LogP contribution in [0.25, 0.3) is 0 Å². The maximum Gasteiger partial charge on any atom is 0.196 e. The van der Waals surface area contributed by atoms with Gasteiger partial charge in [-0.2, -0.15) is 0 Å². The van der Waals surface area contributed by atoms with E-state index in [0.717, 1.165) is 11.1 Å². The van der Waals surface area contributed by atoms with Crippen LogP contribution in [0.5, 0.6) is 0 Å². The topological polar surface area (TPSA) is 43.1 Å². The maximum absolute atomic E-state index is 14.1. The van der Waals surface area contributed by atoms with Crippen molar-refractivity contribution in [2.75, 3.05) is 5.73 Å². The van der Waals surface area contributed by atoms with Gasteiger partial charge in [-0.05, 0) is 50.1 Å². The van der Waals surface area contributed by atoms with Crippen molar-refractivity contribution in [2.24, 2.45) is 0 Å². The molecule has 0 aliphatic rings. The van der Waals surface area contributed by atoms with Gasteiger partial charge in [0.2, 0.25) is 0 Å². The molecule has 0 atom stereocenters. The lowest BCUT2D eigenvalue weighted by Crippen LogP contribution is -2.08. The van der Waals surface area contributed by atoms with Gasteiger partial charge in [-0.1, -0.05) is 17.7 Å². The molecule has 0 saturated heterocycles. The van der Waals surface area contributed by atoms with Gasteiger partial charge in [0.25, 0.3) is 0 Å². The van der Waals surface area contributed by atoms with Gasteiger partial charge in [-0.25, -0.2) is 4.39 Å². The minimum atomic E-state index is -0.500. The molecule has 3 heteroatoms. The third-order valence-corrected chi connectivity index (χ3v) is 3.16. The lowest BCUT2D eigenvalue weighted by atomic mass is 9.95. The van der Waals surface area contributed by atoms with E-state index in [1.54, 1.807) is 13.0 Å². The van der Waals surface area contributed by atoms with Crippen molar-refractivity contribution >= 4 is 11.5 Å². The first-order valence-electron chi connectivity index (χ1n) is 6.07. The normalized spacial score (nSPS) is 10.5. The molecule has 0 aliphatic carbocycles. The quantitative estimate of drug-likeness (QED) is 0.660. The Morgan fingerprint density at radius 3 is 2.37 bits per heavy atom. The highest BCUT2D eigenvalue weighted by atomic mass is 19.1. The molecule has 0 aromatic heterocycles. The van der Waals surface area contributed by atoms with Crippen LogP contribution in [0, 0.1) is 26.6 Å². The molecule has 0 saturated carbocycles. The number of hydrogen-bond donors (Lipinski definition) is 1. The van der Waals surface area contributed by atoms with Gasteiger partial charge in [0, 0.05) is 11.3 Å². The summed E-state index contributed by atoms with van der Waals surface area (Å²) in [6.45, 7) is 5.34. The van der Waals surface area contributed by atoms with Crippen LogP contribution in [0.4, 0.5) is 10.1 Å². The molecule has 2 N–H and O–H groups in total. The standard InChI is InChI=1S/C16H16FNO/c1-9-4-5-10(2)13(6-9)16(19)14-8-12(18)7-11(3)15(14)17/h4-8H,18H2,1-3H3. The summed E-state index contributed by atoms with van der Waals surface area (Å²) in [7, 11) is 0. The van der Waals surface area contributed by atoms with Crippen molar-refractivity contribution in [3.8, 4) is 0 Å². The van der Waals surface area contributed by atoms with Crippen LogP contribution >= 0.6 is 0 Å². The second kappa shape index (κ2) is 4.84. The molecule has 0 amide bonds. The molecule has 0 unspecified atom stereocenters. The number of nitrogen functional groups attached to an aromatic ring is 1. The van der Waals surface area contributed by atoms with E-state index in [1.165, 1.54) is 12.1 Å². The van der Waals surface area contributed by atoms with Crippen molar-refractivity contribution in [3.05, 3.63) is 64.0 Å². The van der Waals surface area contributed by atoms with Crippen molar-refractivity contribution in [2.45, 2.75) is 20.8 Å². The van der Waals surface area contributed by atoms with Gasteiger partial charge in [-0.3, -0.25) is 4.79 Å². The van der Waals surface area contributed by atoms with E-state index in [-0.39, 0.29) is 11.3 Å². The Labute approximate surface area is 112 Å². The number of carbonyl (C=O) groups is 1. The van der Waals surface area contributed by atoms with E-state index < -0.39 is 5.82 Å². The van der Waals surface area contributed by atoms with E-state index in [4.69, 9.17) is 5.73 Å². The number of halogens is 1. The van der Waals surface area contributed by atoms with E-state index in [1.807, 2.05) is 26.0 Å². The molecule has 0 spiro atoms. The molecule has 0 fully saturated rings. The van der Waals surface area contributed by atoms with Crippen molar-refractivity contribution < 1.29 is 9.18 Å². The highest BCUT2D eigenvalue weighted by Crippen LogP contribution is 2.22. The Morgan fingerprint density at radius 2 is 1.68 bits per heavy atom. The van der Waals surface area contributed by atoms with Gasteiger partial charge >= 0.3 is 0 Å². The first-order chi connectivity index (χ1) is 8.90. The molecule has 98 valence electrons. The Balaban J connectivity index is 2.59. The average molecular weight is 257 g/mol. The predicted molar refractivity (Wildman–Crippen MR) is 74.9 cm³/mol. The molecule has 0 radical (unpaired) electrons.